The lowest BCUT2D eigenvalue weighted by Crippen LogP contribution is -2.37. The highest BCUT2D eigenvalue weighted by Crippen LogP contribution is 2.22. The van der Waals surface area contributed by atoms with E-state index in [4.69, 9.17) is 10.4 Å². The molecule has 5 heteroatoms. The molecule has 0 aliphatic rings. The molecule has 1 N–H and O–H groups in total. The number of aryl methyl sites for hydroxylation is 1. The van der Waals surface area contributed by atoms with Crippen LogP contribution in [0, 0.1) is 16.7 Å². The van der Waals surface area contributed by atoms with Crippen LogP contribution in [0.1, 0.15) is 25.8 Å². The summed E-state index contributed by atoms with van der Waals surface area (Å²) < 4.78 is 1.88. The summed E-state index contributed by atoms with van der Waals surface area (Å²) in [6.07, 6.45) is 2.53. The maximum Gasteiger partial charge on any atom is 0.0968 e. The van der Waals surface area contributed by atoms with E-state index in [-0.39, 0.29) is 5.41 Å². The lowest BCUT2D eigenvalue weighted by molar-refractivity contribution is 0.232. The first kappa shape index (κ1) is 19.2. The zero-order valence-corrected chi connectivity index (χ0v) is 15.8. The van der Waals surface area contributed by atoms with Crippen molar-refractivity contribution in [2.24, 2.45) is 5.41 Å². The Bertz CT molecular complexity index is 695. The van der Waals surface area contributed by atoms with Gasteiger partial charge in [-0.1, -0.05) is 44.2 Å². The van der Waals surface area contributed by atoms with E-state index in [2.05, 4.69) is 62.6 Å². The van der Waals surface area contributed by atoms with Crippen LogP contribution in [0.25, 0.3) is 11.3 Å². The van der Waals surface area contributed by atoms with Crippen LogP contribution in [0.4, 0.5) is 0 Å². The van der Waals surface area contributed by atoms with Gasteiger partial charge in [-0.2, -0.15) is 10.4 Å². The Morgan fingerprint density at radius 2 is 1.96 bits per heavy atom. The zero-order valence-electron chi connectivity index (χ0n) is 15.8. The minimum absolute atomic E-state index is 0.202. The average molecular weight is 339 g/mol. The average Bonchev–Trinajstić information content (AvgIpc) is 2.95. The van der Waals surface area contributed by atoms with E-state index in [1.54, 1.807) is 0 Å². The summed E-state index contributed by atoms with van der Waals surface area (Å²) in [4.78, 5) is 2.22. The second-order valence-electron chi connectivity index (χ2n) is 7.55. The third-order valence-electron chi connectivity index (χ3n) is 4.00. The Labute approximate surface area is 151 Å². The van der Waals surface area contributed by atoms with Crippen LogP contribution in [0.15, 0.2) is 36.5 Å². The minimum atomic E-state index is 0.202. The molecule has 0 aliphatic carbocycles. The number of benzene rings is 1. The Kier molecular flexibility index (Phi) is 6.74. The molecule has 134 valence electrons. The lowest BCUT2D eigenvalue weighted by atomic mass is 9.93. The molecule has 0 atom stereocenters. The topological polar surface area (TPSA) is 56.9 Å². The highest BCUT2D eigenvalue weighted by atomic mass is 15.3. The second-order valence-corrected chi connectivity index (χ2v) is 7.55. The van der Waals surface area contributed by atoms with Crippen LogP contribution in [-0.2, 0) is 13.1 Å². The third kappa shape index (κ3) is 6.00. The number of aromatic nitrogens is 2. The van der Waals surface area contributed by atoms with Crippen molar-refractivity contribution in [3.05, 3.63) is 42.1 Å². The van der Waals surface area contributed by atoms with Gasteiger partial charge in [-0.05, 0) is 19.5 Å². The van der Waals surface area contributed by atoms with Gasteiger partial charge in [0.1, 0.15) is 0 Å². The molecule has 0 aliphatic heterocycles. The summed E-state index contributed by atoms with van der Waals surface area (Å²) in [5.74, 6) is 0. The van der Waals surface area contributed by atoms with E-state index in [0.717, 1.165) is 30.9 Å². The van der Waals surface area contributed by atoms with Gasteiger partial charge in [-0.15, -0.1) is 0 Å². The number of nitriles is 1. The lowest BCUT2D eigenvalue weighted by Gasteiger charge is -2.28. The van der Waals surface area contributed by atoms with Crippen molar-refractivity contribution in [1.82, 2.24) is 20.0 Å². The maximum atomic E-state index is 8.82. The molecule has 1 heterocycles. The quantitative estimate of drug-likeness (QED) is 0.762. The fourth-order valence-electron chi connectivity index (χ4n) is 3.16. The molecule has 0 amide bonds. The van der Waals surface area contributed by atoms with E-state index in [1.807, 2.05) is 22.9 Å². The van der Waals surface area contributed by atoms with E-state index >= 15 is 0 Å². The molecule has 2 rings (SSSR count). The van der Waals surface area contributed by atoms with Gasteiger partial charge >= 0.3 is 0 Å². The van der Waals surface area contributed by atoms with Gasteiger partial charge < -0.3 is 10.2 Å². The molecule has 0 fully saturated rings. The summed E-state index contributed by atoms with van der Waals surface area (Å²) in [5.41, 5.74) is 3.48. The zero-order chi connectivity index (χ0) is 18.3. The molecule has 0 saturated heterocycles. The van der Waals surface area contributed by atoms with Crippen molar-refractivity contribution < 1.29 is 0 Å². The van der Waals surface area contributed by atoms with Crippen molar-refractivity contribution in [3.8, 4) is 17.3 Å². The van der Waals surface area contributed by atoms with Gasteiger partial charge in [0, 0.05) is 37.0 Å². The monoisotopic (exact) mass is 339 g/mol. The molecular weight excluding hydrogens is 310 g/mol. The summed E-state index contributed by atoms with van der Waals surface area (Å²) in [6, 6.07) is 12.4. The van der Waals surface area contributed by atoms with Crippen LogP contribution in [-0.4, -0.2) is 41.9 Å². The summed E-state index contributed by atoms with van der Waals surface area (Å²) in [5, 5.41) is 17.1. The first-order valence-electron chi connectivity index (χ1n) is 8.75. The summed E-state index contributed by atoms with van der Waals surface area (Å²) in [7, 11) is 4.21. The molecular formula is C20H29N5. The Morgan fingerprint density at radius 1 is 1.24 bits per heavy atom. The molecule has 2 aromatic rings. The third-order valence-corrected chi connectivity index (χ3v) is 4.00. The van der Waals surface area contributed by atoms with E-state index in [0.29, 0.717) is 13.0 Å². The summed E-state index contributed by atoms with van der Waals surface area (Å²) >= 11 is 0. The molecule has 1 aromatic heterocycles. The SMILES string of the molecule is CN(C)CC(C)(C)CNCc1cn(CCC#N)nc1-c1ccccc1. The molecule has 0 saturated carbocycles. The van der Waals surface area contributed by atoms with Crippen LogP contribution < -0.4 is 5.32 Å². The van der Waals surface area contributed by atoms with Gasteiger partial charge in [0.15, 0.2) is 0 Å². The Morgan fingerprint density at radius 3 is 2.60 bits per heavy atom. The van der Waals surface area contributed by atoms with Crippen molar-refractivity contribution in [1.29, 1.82) is 5.26 Å². The highest BCUT2D eigenvalue weighted by molar-refractivity contribution is 5.62. The Hall–Kier alpha value is -2.16. The van der Waals surface area contributed by atoms with E-state index in [9.17, 15) is 0 Å². The smallest absolute Gasteiger partial charge is 0.0968 e. The fourth-order valence-corrected chi connectivity index (χ4v) is 3.16. The van der Waals surface area contributed by atoms with Crippen molar-refractivity contribution in [3.63, 3.8) is 0 Å². The minimum Gasteiger partial charge on any atom is -0.312 e. The molecule has 0 radical (unpaired) electrons. The van der Waals surface area contributed by atoms with Crippen LogP contribution in [0.5, 0.6) is 0 Å². The van der Waals surface area contributed by atoms with Gasteiger partial charge in [0.05, 0.1) is 24.7 Å². The molecule has 25 heavy (non-hydrogen) atoms. The fraction of sp³-hybridized carbons (Fsp3) is 0.500. The molecule has 0 unspecified atom stereocenters. The van der Waals surface area contributed by atoms with Gasteiger partial charge in [-0.25, -0.2) is 0 Å². The van der Waals surface area contributed by atoms with Crippen LogP contribution >= 0.6 is 0 Å². The molecule has 0 bridgehead atoms. The number of hydrogen-bond donors (Lipinski definition) is 1. The van der Waals surface area contributed by atoms with Crippen LogP contribution in [0.3, 0.4) is 0 Å². The maximum absolute atomic E-state index is 8.82. The Balaban J connectivity index is 2.10. The van der Waals surface area contributed by atoms with Gasteiger partial charge in [0.25, 0.3) is 0 Å². The number of nitrogens with one attached hydrogen (secondary N) is 1. The normalized spacial score (nSPS) is 11.7. The molecule has 5 nitrogen and oxygen atoms in total. The van der Waals surface area contributed by atoms with Crippen molar-refractivity contribution in [2.75, 3.05) is 27.2 Å². The number of hydrogen-bond acceptors (Lipinski definition) is 4. The van der Waals surface area contributed by atoms with E-state index in [1.165, 1.54) is 5.56 Å². The standard InChI is InChI=1S/C20H29N5/c1-20(2,16-24(3)4)15-22-13-18-14-25(12-8-11-21)23-19(18)17-9-6-5-7-10-17/h5-7,9-10,14,22H,8,12-13,15-16H2,1-4H3. The highest BCUT2D eigenvalue weighted by Gasteiger charge is 2.19. The van der Waals surface area contributed by atoms with Gasteiger partial charge in [-0.3, -0.25) is 4.68 Å². The molecule has 0 spiro atoms. The first-order chi connectivity index (χ1) is 11.9. The second kappa shape index (κ2) is 8.80. The van der Waals surface area contributed by atoms with E-state index < -0.39 is 0 Å². The van der Waals surface area contributed by atoms with Gasteiger partial charge in [0.2, 0.25) is 0 Å². The number of nitrogens with zero attached hydrogens (tertiary/aromatic N) is 4. The predicted molar refractivity (Wildman–Crippen MR) is 102 cm³/mol. The first-order valence-corrected chi connectivity index (χ1v) is 8.75. The largest absolute Gasteiger partial charge is 0.312 e. The predicted octanol–water partition coefficient (Wildman–Crippen LogP) is 3.14. The van der Waals surface area contributed by atoms with Crippen LogP contribution in [0.2, 0.25) is 0 Å². The number of rotatable bonds is 9. The molecule has 1 aromatic carbocycles. The van der Waals surface area contributed by atoms with Crippen molar-refractivity contribution >= 4 is 0 Å². The van der Waals surface area contributed by atoms with Crippen molar-refractivity contribution in [2.45, 2.75) is 33.4 Å². The summed E-state index contributed by atoms with van der Waals surface area (Å²) in [6.45, 7) is 7.91.